The van der Waals surface area contributed by atoms with E-state index >= 15 is 0 Å². The van der Waals surface area contributed by atoms with E-state index in [2.05, 4.69) is 5.32 Å². The van der Waals surface area contributed by atoms with Crippen molar-refractivity contribution in [3.63, 3.8) is 0 Å². The van der Waals surface area contributed by atoms with Gasteiger partial charge >= 0.3 is 5.97 Å². The summed E-state index contributed by atoms with van der Waals surface area (Å²) in [6.45, 7) is 4.70. The minimum Gasteiger partial charge on any atom is -0.504 e. The molecule has 144 valence electrons. The minimum atomic E-state index is -1.13. The lowest BCUT2D eigenvalue weighted by Gasteiger charge is -2.19. The van der Waals surface area contributed by atoms with E-state index < -0.39 is 35.5 Å². The molecule has 2 aromatic rings. The standard InChI is InChI=1S/C19H19Cl2NO5/c1-9-4-6-14(17(24)16(9)23)19(26)27-11(3)18(25)22-10(2)13-7-5-12(20)8-15(13)21/h4-8,10-11,23-24H,1-3H3,(H,22,25). The van der Waals surface area contributed by atoms with Gasteiger partial charge in [-0.25, -0.2) is 4.79 Å². The fraction of sp³-hybridized carbons (Fsp3) is 0.263. The van der Waals surface area contributed by atoms with E-state index in [-0.39, 0.29) is 5.56 Å². The highest BCUT2D eigenvalue weighted by Crippen LogP contribution is 2.32. The minimum absolute atomic E-state index is 0.230. The largest absolute Gasteiger partial charge is 0.504 e. The molecule has 0 spiro atoms. The van der Waals surface area contributed by atoms with Gasteiger partial charge in [-0.15, -0.1) is 0 Å². The van der Waals surface area contributed by atoms with Gasteiger partial charge in [-0.2, -0.15) is 0 Å². The number of phenols is 2. The molecule has 0 saturated heterocycles. The number of carbonyl (C=O) groups excluding carboxylic acids is 2. The number of aryl methyl sites for hydroxylation is 1. The van der Waals surface area contributed by atoms with Crippen molar-refractivity contribution in [3.05, 3.63) is 57.1 Å². The van der Waals surface area contributed by atoms with Crippen LogP contribution in [0.2, 0.25) is 10.0 Å². The van der Waals surface area contributed by atoms with Crippen LogP contribution in [0.3, 0.4) is 0 Å². The summed E-state index contributed by atoms with van der Waals surface area (Å²) in [5.74, 6) is -2.47. The summed E-state index contributed by atoms with van der Waals surface area (Å²) in [6.07, 6.45) is -1.13. The number of hydrogen-bond acceptors (Lipinski definition) is 5. The van der Waals surface area contributed by atoms with Crippen LogP contribution in [0.15, 0.2) is 30.3 Å². The summed E-state index contributed by atoms with van der Waals surface area (Å²) in [5.41, 5.74) is 0.837. The molecule has 0 aliphatic carbocycles. The topological polar surface area (TPSA) is 95.9 Å². The summed E-state index contributed by atoms with van der Waals surface area (Å²) in [7, 11) is 0. The number of amides is 1. The summed E-state index contributed by atoms with van der Waals surface area (Å²) in [5, 5.41) is 23.2. The van der Waals surface area contributed by atoms with Crippen molar-refractivity contribution >= 4 is 35.1 Å². The number of ether oxygens (including phenoxy) is 1. The molecule has 1 amide bonds. The zero-order valence-electron chi connectivity index (χ0n) is 14.9. The van der Waals surface area contributed by atoms with Crippen LogP contribution in [0.4, 0.5) is 0 Å². The van der Waals surface area contributed by atoms with E-state index in [4.69, 9.17) is 27.9 Å². The third kappa shape index (κ3) is 4.84. The van der Waals surface area contributed by atoms with Crippen LogP contribution in [0, 0.1) is 6.92 Å². The molecular weight excluding hydrogens is 393 g/mol. The van der Waals surface area contributed by atoms with Gasteiger partial charge in [0.2, 0.25) is 0 Å². The Bertz CT molecular complexity index is 885. The monoisotopic (exact) mass is 411 g/mol. The maximum atomic E-state index is 12.3. The van der Waals surface area contributed by atoms with E-state index in [1.807, 2.05) is 0 Å². The Morgan fingerprint density at radius 1 is 1.07 bits per heavy atom. The number of rotatable bonds is 5. The van der Waals surface area contributed by atoms with Crippen LogP contribution in [-0.2, 0) is 9.53 Å². The van der Waals surface area contributed by atoms with Crippen molar-refractivity contribution in [2.24, 2.45) is 0 Å². The van der Waals surface area contributed by atoms with Crippen LogP contribution in [0.5, 0.6) is 11.5 Å². The Hall–Kier alpha value is -2.44. The van der Waals surface area contributed by atoms with Crippen molar-refractivity contribution in [3.8, 4) is 11.5 Å². The first-order valence-electron chi connectivity index (χ1n) is 8.09. The molecule has 27 heavy (non-hydrogen) atoms. The fourth-order valence-corrected chi connectivity index (χ4v) is 2.96. The first-order valence-corrected chi connectivity index (χ1v) is 8.85. The highest BCUT2D eigenvalue weighted by molar-refractivity contribution is 6.35. The smallest absolute Gasteiger partial charge is 0.342 e. The summed E-state index contributed by atoms with van der Waals surface area (Å²) >= 11 is 12.0. The molecule has 0 radical (unpaired) electrons. The van der Waals surface area contributed by atoms with Crippen molar-refractivity contribution in [2.45, 2.75) is 32.9 Å². The van der Waals surface area contributed by atoms with Crippen LogP contribution in [-0.4, -0.2) is 28.2 Å². The van der Waals surface area contributed by atoms with Gasteiger partial charge in [-0.05, 0) is 50.1 Å². The molecule has 0 aliphatic heterocycles. The van der Waals surface area contributed by atoms with Crippen molar-refractivity contribution in [1.29, 1.82) is 0 Å². The Morgan fingerprint density at radius 3 is 2.37 bits per heavy atom. The second-order valence-corrected chi connectivity index (χ2v) is 6.91. The van der Waals surface area contributed by atoms with Crippen molar-refractivity contribution < 1.29 is 24.5 Å². The number of aromatic hydroxyl groups is 2. The molecule has 0 saturated carbocycles. The lowest BCUT2D eigenvalue weighted by molar-refractivity contribution is -0.129. The molecule has 2 rings (SSSR count). The molecule has 2 unspecified atom stereocenters. The predicted molar refractivity (Wildman–Crippen MR) is 102 cm³/mol. The van der Waals surface area contributed by atoms with E-state index in [0.29, 0.717) is 21.2 Å². The van der Waals surface area contributed by atoms with Crippen LogP contribution < -0.4 is 5.32 Å². The van der Waals surface area contributed by atoms with Crippen LogP contribution in [0.25, 0.3) is 0 Å². The van der Waals surface area contributed by atoms with Crippen LogP contribution >= 0.6 is 23.2 Å². The fourth-order valence-electron chi connectivity index (χ4n) is 2.38. The highest BCUT2D eigenvalue weighted by Gasteiger charge is 2.24. The molecule has 0 aliphatic rings. The van der Waals surface area contributed by atoms with Gasteiger partial charge in [-0.1, -0.05) is 35.3 Å². The molecular formula is C19H19Cl2NO5. The number of carbonyl (C=O) groups is 2. The molecule has 0 aromatic heterocycles. The number of benzene rings is 2. The molecule has 0 fully saturated rings. The average molecular weight is 412 g/mol. The Balaban J connectivity index is 2.05. The lowest BCUT2D eigenvalue weighted by atomic mass is 10.1. The summed E-state index contributed by atoms with van der Waals surface area (Å²) in [6, 6.07) is 7.24. The first kappa shape index (κ1) is 20.9. The maximum absolute atomic E-state index is 12.3. The predicted octanol–water partition coefficient (Wildman–Crippen LogP) is 4.14. The Kier molecular flexibility index (Phi) is 6.57. The zero-order valence-corrected chi connectivity index (χ0v) is 16.4. The number of hydrogen-bond donors (Lipinski definition) is 3. The maximum Gasteiger partial charge on any atom is 0.342 e. The third-order valence-corrected chi connectivity index (χ3v) is 4.58. The summed E-state index contributed by atoms with van der Waals surface area (Å²) < 4.78 is 5.08. The number of nitrogens with one attached hydrogen (secondary N) is 1. The second kappa shape index (κ2) is 8.50. The second-order valence-electron chi connectivity index (χ2n) is 6.07. The zero-order chi connectivity index (χ0) is 20.3. The quantitative estimate of drug-likeness (QED) is 0.507. The van der Waals surface area contributed by atoms with E-state index in [1.165, 1.54) is 19.1 Å². The summed E-state index contributed by atoms with van der Waals surface area (Å²) in [4.78, 5) is 24.5. The van der Waals surface area contributed by atoms with E-state index in [0.717, 1.165) is 0 Å². The SMILES string of the molecule is Cc1ccc(C(=O)OC(C)C(=O)NC(C)c2ccc(Cl)cc2Cl)c(O)c1O. The molecule has 3 N–H and O–H groups in total. The Labute approximate surface area is 166 Å². The number of esters is 1. The highest BCUT2D eigenvalue weighted by atomic mass is 35.5. The molecule has 0 bridgehead atoms. The molecule has 2 atom stereocenters. The normalized spacial score (nSPS) is 12.9. The Morgan fingerprint density at radius 2 is 1.74 bits per heavy atom. The molecule has 8 heteroatoms. The van der Waals surface area contributed by atoms with Gasteiger partial charge in [0.15, 0.2) is 17.6 Å². The van der Waals surface area contributed by atoms with Gasteiger partial charge in [0.1, 0.15) is 5.56 Å². The van der Waals surface area contributed by atoms with Crippen LogP contribution in [0.1, 0.15) is 41.4 Å². The van der Waals surface area contributed by atoms with Gasteiger partial charge in [0.05, 0.1) is 6.04 Å². The van der Waals surface area contributed by atoms with Crippen molar-refractivity contribution in [2.75, 3.05) is 0 Å². The van der Waals surface area contributed by atoms with Crippen molar-refractivity contribution in [1.82, 2.24) is 5.32 Å². The van der Waals surface area contributed by atoms with Gasteiger partial charge in [0.25, 0.3) is 5.91 Å². The molecule has 2 aromatic carbocycles. The average Bonchev–Trinajstić information content (AvgIpc) is 2.59. The lowest BCUT2D eigenvalue weighted by Crippen LogP contribution is -2.37. The van der Waals surface area contributed by atoms with Gasteiger partial charge < -0.3 is 20.3 Å². The first-order chi connectivity index (χ1) is 12.6. The van der Waals surface area contributed by atoms with E-state index in [1.54, 1.807) is 32.0 Å². The van der Waals surface area contributed by atoms with Gasteiger partial charge in [-0.3, -0.25) is 4.79 Å². The third-order valence-electron chi connectivity index (χ3n) is 4.01. The molecule has 6 nitrogen and oxygen atoms in total. The number of halogens is 2. The molecule has 0 heterocycles. The van der Waals surface area contributed by atoms with E-state index in [9.17, 15) is 19.8 Å². The van der Waals surface area contributed by atoms with Gasteiger partial charge in [0, 0.05) is 10.0 Å². The number of phenolic OH excluding ortho intramolecular Hbond substituents is 2.